The number of hydrogen-bond acceptors (Lipinski definition) is 1. The summed E-state index contributed by atoms with van der Waals surface area (Å²) in [6, 6.07) is 47.1. The van der Waals surface area contributed by atoms with Crippen molar-refractivity contribution < 1.29 is 4.57 Å². The van der Waals surface area contributed by atoms with E-state index >= 15 is 4.57 Å². The molecule has 1 aliphatic carbocycles. The van der Waals surface area contributed by atoms with Gasteiger partial charge < -0.3 is 9.13 Å². The Bertz CT molecular complexity index is 2310. The lowest BCUT2D eigenvalue weighted by atomic mass is 9.82. The first-order chi connectivity index (χ1) is 20.5. The molecule has 1 unspecified atom stereocenters. The van der Waals surface area contributed by atoms with Crippen molar-refractivity contribution >= 4 is 44.9 Å². The van der Waals surface area contributed by atoms with E-state index in [1.54, 1.807) is 0 Å². The second-order valence-corrected chi connectivity index (χ2v) is 14.7. The zero-order valence-electron chi connectivity index (χ0n) is 23.5. The van der Waals surface area contributed by atoms with E-state index in [9.17, 15) is 0 Å². The minimum Gasteiger partial charge on any atom is -0.309 e. The van der Waals surface area contributed by atoms with Crippen LogP contribution in [0.1, 0.15) is 25.0 Å². The average molecular weight is 558 g/mol. The number of hydrogen-bond donors (Lipinski definition) is 0. The maximum absolute atomic E-state index is 15.6. The Labute approximate surface area is 245 Å². The van der Waals surface area contributed by atoms with Gasteiger partial charge in [-0.2, -0.15) is 0 Å². The standard InChI is InChI=1S/C39H28NOP/c1-39(2)32-17-9-6-14-27(32)28-21-20-25(24-33(28)39)40-34-18-10-7-16-31(34)37-35(40)23-22-30-29-15-8-11-19-36(29)42(41,38(30)37)26-12-4-3-5-13-26/h3-24H,1-2H3. The maximum Gasteiger partial charge on any atom is 0.172 e. The zero-order chi connectivity index (χ0) is 28.2. The monoisotopic (exact) mass is 557 g/mol. The van der Waals surface area contributed by atoms with Crippen molar-refractivity contribution in [2.24, 2.45) is 0 Å². The molecule has 200 valence electrons. The molecular formula is C39H28NOP. The molecule has 0 saturated heterocycles. The molecule has 3 heteroatoms. The quantitative estimate of drug-likeness (QED) is 0.195. The van der Waals surface area contributed by atoms with Crippen molar-refractivity contribution in [3.63, 3.8) is 0 Å². The molecule has 1 aliphatic heterocycles. The van der Waals surface area contributed by atoms with E-state index < -0.39 is 7.14 Å². The van der Waals surface area contributed by atoms with Crippen LogP contribution in [0.15, 0.2) is 133 Å². The lowest BCUT2D eigenvalue weighted by Crippen LogP contribution is -2.21. The van der Waals surface area contributed by atoms with E-state index in [0.717, 1.165) is 54.5 Å². The van der Waals surface area contributed by atoms with Gasteiger partial charge in [0.05, 0.1) is 11.0 Å². The van der Waals surface area contributed by atoms with Gasteiger partial charge in [-0.3, -0.25) is 0 Å². The first-order valence-corrected chi connectivity index (χ1v) is 16.3. The Kier molecular flexibility index (Phi) is 4.69. The Morgan fingerprint density at radius 2 is 1.24 bits per heavy atom. The van der Waals surface area contributed by atoms with Crippen LogP contribution in [0.4, 0.5) is 0 Å². The molecule has 0 fully saturated rings. The molecule has 2 aliphatic rings. The summed E-state index contributed by atoms with van der Waals surface area (Å²) in [5, 5.41) is 5.02. The summed E-state index contributed by atoms with van der Waals surface area (Å²) in [4.78, 5) is 0. The van der Waals surface area contributed by atoms with Crippen molar-refractivity contribution in [1.29, 1.82) is 0 Å². The van der Waals surface area contributed by atoms with Crippen molar-refractivity contribution in [2.75, 3.05) is 0 Å². The third-order valence-electron chi connectivity index (χ3n) is 9.60. The Balaban J connectivity index is 1.38. The van der Waals surface area contributed by atoms with Crippen LogP contribution in [0.25, 0.3) is 49.7 Å². The highest BCUT2D eigenvalue weighted by atomic mass is 31.2. The van der Waals surface area contributed by atoms with Gasteiger partial charge in [0.25, 0.3) is 0 Å². The van der Waals surface area contributed by atoms with Crippen LogP contribution in [0.5, 0.6) is 0 Å². The van der Waals surface area contributed by atoms with E-state index in [1.807, 2.05) is 36.4 Å². The van der Waals surface area contributed by atoms with Crippen molar-refractivity contribution in [3.05, 3.63) is 145 Å². The highest BCUT2D eigenvalue weighted by molar-refractivity contribution is 7.86. The number of nitrogens with zero attached hydrogens (tertiary/aromatic N) is 1. The fourth-order valence-electron chi connectivity index (χ4n) is 7.70. The van der Waals surface area contributed by atoms with Crippen molar-refractivity contribution in [1.82, 2.24) is 4.57 Å². The summed E-state index contributed by atoms with van der Waals surface area (Å²) in [5.74, 6) is 0. The van der Waals surface area contributed by atoms with Crippen LogP contribution in [-0.2, 0) is 9.98 Å². The lowest BCUT2D eigenvalue weighted by Gasteiger charge is -2.22. The van der Waals surface area contributed by atoms with Crippen LogP contribution in [0.2, 0.25) is 0 Å². The van der Waals surface area contributed by atoms with Gasteiger partial charge >= 0.3 is 0 Å². The number of fused-ring (bicyclic) bond motifs is 10. The third kappa shape index (κ3) is 2.88. The molecule has 0 radical (unpaired) electrons. The smallest absolute Gasteiger partial charge is 0.172 e. The summed E-state index contributed by atoms with van der Waals surface area (Å²) in [7, 11) is -3.12. The summed E-state index contributed by atoms with van der Waals surface area (Å²) >= 11 is 0. The molecule has 6 aromatic carbocycles. The lowest BCUT2D eigenvalue weighted by molar-refractivity contribution is 0.593. The van der Waals surface area contributed by atoms with Gasteiger partial charge in [0.1, 0.15) is 0 Å². The Morgan fingerprint density at radius 1 is 0.571 bits per heavy atom. The second kappa shape index (κ2) is 8.22. The van der Waals surface area contributed by atoms with Gasteiger partial charge in [-0.15, -0.1) is 0 Å². The van der Waals surface area contributed by atoms with E-state index in [2.05, 4.69) is 115 Å². The van der Waals surface area contributed by atoms with Crippen LogP contribution in [-0.4, -0.2) is 4.57 Å². The van der Waals surface area contributed by atoms with Gasteiger partial charge in [0.15, 0.2) is 7.14 Å². The SMILES string of the molecule is CC1(C)c2ccccc2-c2ccc(-n3c4ccccc4c4c5c(ccc43)-c3ccccc3P5(=O)c3ccccc3)cc21. The summed E-state index contributed by atoms with van der Waals surface area (Å²) in [6.45, 7) is 4.65. The molecule has 9 rings (SSSR count). The minimum atomic E-state index is -3.12. The molecule has 0 spiro atoms. The molecule has 2 heterocycles. The van der Waals surface area contributed by atoms with Gasteiger partial charge in [0.2, 0.25) is 0 Å². The normalized spacial score (nSPS) is 17.7. The van der Waals surface area contributed by atoms with Gasteiger partial charge in [-0.05, 0) is 57.6 Å². The summed E-state index contributed by atoms with van der Waals surface area (Å²) < 4.78 is 18.0. The molecule has 42 heavy (non-hydrogen) atoms. The predicted octanol–water partition coefficient (Wildman–Crippen LogP) is 8.71. The number of benzene rings is 6. The second-order valence-electron chi connectivity index (χ2n) is 12.1. The van der Waals surface area contributed by atoms with Crippen molar-refractivity contribution in [3.8, 4) is 27.9 Å². The number of aromatic nitrogens is 1. The van der Waals surface area contributed by atoms with Gasteiger partial charge in [0, 0.05) is 37.8 Å². The first kappa shape index (κ1) is 24.0. The van der Waals surface area contributed by atoms with Crippen LogP contribution in [0, 0.1) is 0 Å². The molecule has 0 N–H and O–H groups in total. The Hall–Kier alpha value is -4.65. The molecule has 0 amide bonds. The molecular weight excluding hydrogens is 529 g/mol. The zero-order valence-corrected chi connectivity index (χ0v) is 24.4. The van der Waals surface area contributed by atoms with E-state index in [1.165, 1.54) is 22.3 Å². The fraction of sp³-hybridized carbons (Fsp3) is 0.0769. The largest absolute Gasteiger partial charge is 0.309 e. The van der Waals surface area contributed by atoms with E-state index in [0.29, 0.717) is 0 Å². The molecule has 2 nitrogen and oxygen atoms in total. The molecule has 0 saturated carbocycles. The highest BCUT2D eigenvalue weighted by Gasteiger charge is 2.42. The number of rotatable bonds is 2. The highest BCUT2D eigenvalue weighted by Crippen LogP contribution is 2.55. The minimum absolute atomic E-state index is 0.0907. The van der Waals surface area contributed by atoms with Crippen molar-refractivity contribution in [2.45, 2.75) is 19.3 Å². The molecule has 7 aromatic rings. The van der Waals surface area contributed by atoms with E-state index in [4.69, 9.17) is 0 Å². The predicted molar refractivity (Wildman–Crippen MR) is 177 cm³/mol. The van der Waals surface area contributed by atoms with Crippen LogP contribution in [0.3, 0.4) is 0 Å². The van der Waals surface area contributed by atoms with Crippen LogP contribution < -0.4 is 15.9 Å². The summed E-state index contributed by atoms with van der Waals surface area (Å²) in [5.41, 5.74) is 10.8. The first-order valence-electron chi connectivity index (χ1n) is 14.6. The fourth-order valence-corrected chi connectivity index (χ4v) is 11.0. The molecule has 1 atom stereocenters. The topological polar surface area (TPSA) is 22.0 Å². The average Bonchev–Trinajstić information content (AvgIpc) is 3.60. The molecule has 1 aromatic heterocycles. The third-order valence-corrected chi connectivity index (χ3v) is 12.8. The Morgan fingerprint density at radius 3 is 2.10 bits per heavy atom. The van der Waals surface area contributed by atoms with Gasteiger partial charge in [-0.25, -0.2) is 0 Å². The molecule has 0 bridgehead atoms. The number of para-hydroxylation sites is 1. The van der Waals surface area contributed by atoms with E-state index in [-0.39, 0.29) is 5.41 Å². The van der Waals surface area contributed by atoms with Gasteiger partial charge in [-0.1, -0.05) is 123 Å². The maximum atomic E-state index is 15.6. The summed E-state index contributed by atoms with van der Waals surface area (Å²) in [6.07, 6.45) is 0. The van der Waals surface area contributed by atoms with Crippen LogP contribution >= 0.6 is 7.14 Å².